The van der Waals surface area contributed by atoms with Crippen LogP contribution in [0.15, 0.2) is 108 Å². The molecule has 7 nitrogen and oxygen atoms in total. The SMILES string of the molecule is CC1C(CSc2ccccc2)OC(c2ccc(-c3cccc(CNC(=O)C4CCCN4C(=O)C(F)(F)F)c3)cc2)OC1c1ccc(CO)cc1. The van der Waals surface area contributed by atoms with E-state index in [-0.39, 0.29) is 44.2 Å². The zero-order valence-electron chi connectivity index (χ0n) is 27.5. The lowest BCUT2D eigenvalue weighted by Gasteiger charge is -2.41. The Kier molecular flexibility index (Phi) is 11.3. The van der Waals surface area contributed by atoms with E-state index in [4.69, 9.17) is 9.47 Å². The van der Waals surface area contributed by atoms with E-state index < -0.39 is 30.3 Å². The van der Waals surface area contributed by atoms with E-state index in [9.17, 15) is 27.9 Å². The van der Waals surface area contributed by atoms with Gasteiger partial charge in [-0.25, -0.2) is 0 Å². The second-order valence-electron chi connectivity index (χ2n) is 12.6. The number of rotatable bonds is 10. The number of carbonyl (C=O) groups is 2. The number of halogens is 3. The molecule has 0 spiro atoms. The second-order valence-corrected chi connectivity index (χ2v) is 13.7. The number of aliphatic hydroxyl groups excluding tert-OH is 1. The van der Waals surface area contributed by atoms with Gasteiger partial charge in [-0.3, -0.25) is 9.59 Å². The first-order valence-electron chi connectivity index (χ1n) is 16.6. The Hall–Kier alpha value is -4.16. The van der Waals surface area contributed by atoms with Crippen LogP contribution in [0.4, 0.5) is 13.2 Å². The third kappa shape index (κ3) is 8.40. The van der Waals surface area contributed by atoms with Gasteiger partial charge in [0.25, 0.3) is 0 Å². The van der Waals surface area contributed by atoms with E-state index in [1.807, 2.05) is 91.0 Å². The average molecular weight is 705 g/mol. The van der Waals surface area contributed by atoms with Gasteiger partial charge in [-0.2, -0.15) is 13.2 Å². The van der Waals surface area contributed by atoms with Crippen LogP contribution in [0.1, 0.15) is 54.4 Å². The third-order valence-corrected chi connectivity index (χ3v) is 10.4. The molecule has 2 heterocycles. The molecule has 6 rings (SSSR count). The van der Waals surface area contributed by atoms with Crippen molar-refractivity contribution < 1.29 is 37.3 Å². The molecular formula is C39H39F3N2O5S. The molecule has 262 valence electrons. The van der Waals surface area contributed by atoms with Crippen LogP contribution in [0.5, 0.6) is 0 Å². The lowest BCUT2D eigenvalue weighted by molar-refractivity contribution is -0.268. The molecule has 11 heteroatoms. The van der Waals surface area contributed by atoms with Crippen molar-refractivity contribution in [1.29, 1.82) is 0 Å². The summed E-state index contributed by atoms with van der Waals surface area (Å²) in [4.78, 5) is 26.4. The lowest BCUT2D eigenvalue weighted by Crippen LogP contribution is -2.50. The number of thioether (sulfide) groups is 1. The topological polar surface area (TPSA) is 88.1 Å². The normalized spacial score (nSPS) is 22.3. The van der Waals surface area contributed by atoms with Gasteiger partial charge >= 0.3 is 12.1 Å². The Bertz CT molecular complexity index is 1750. The second kappa shape index (κ2) is 15.8. The minimum Gasteiger partial charge on any atom is -0.392 e. The van der Waals surface area contributed by atoms with Crippen LogP contribution in [0.3, 0.4) is 0 Å². The van der Waals surface area contributed by atoms with Crippen molar-refractivity contribution in [2.75, 3.05) is 12.3 Å². The molecule has 0 aromatic heterocycles. The van der Waals surface area contributed by atoms with Crippen LogP contribution in [0, 0.1) is 5.92 Å². The molecule has 2 saturated heterocycles. The molecule has 4 aromatic carbocycles. The van der Waals surface area contributed by atoms with E-state index in [0.717, 1.165) is 39.1 Å². The molecule has 2 aliphatic heterocycles. The predicted octanol–water partition coefficient (Wildman–Crippen LogP) is 7.60. The fraction of sp³-hybridized carbons (Fsp3) is 0.333. The largest absolute Gasteiger partial charge is 0.471 e. The number of hydrogen-bond acceptors (Lipinski definition) is 6. The Balaban J connectivity index is 1.14. The highest BCUT2D eigenvalue weighted by molar-refractivity contribution is 7.99. The number of aliphatic hydroxyl groups is 1. The van der Waals surface area contributed by atoms with Crippen LogP contribution in [-0.4, -0.2) is 52.4 Å². The van der Waals surface area contributed by atoms with E-state index >= 15 is 0 Å². The molecule has 2 N–H and O–H groups in total. The molecule has 0 aliphatic carbocycles. The number of benzene rings is 4. The van der Waals surface area contributed by atoms with Crippen LogP contribution >= 0.6 is 11.8 Å². The quantitative estimate of drug-likeness (QED) is 0.166. The molecule has 2 amide bonds. The minimum absolute atomic E-state index is 0.0277. The van der Waals surface area contributed by atoms with Crippen LogP contribution in [0.2, 0.25) is 0 Å². The van der Waals surface area contributed by atoms with Crippen molar-refractivity contribution in [3.8, 4) is 11.1 Å². The summed E-state index contributed by atoms with van der Waals surface area (Å²) in [5.74, 6) is -1.77. The van der Waals surface area contributed by atoms with Gasteiger partial charge in [0.2, 0.25) is 5.91 Å². The number of nitrogens with one attached hydrogen (secondary N) is 1. The Morgan fingerprint density at radius 1 is 0.880 bits per heavy atom. The minimum atomic E-state index is -5.02. The molecule has 2 fully saturated rings. The highest BCUT2D eigenvalue weighted by Gasteiger charge is 2.47. The first-order valence-corrected chi connectivity index (χ1v) is 17.6. The Morgan fingerprint density at radius 3 is 2.30 bits per heavy atom. The van der Waals surface area contributed by atoms with Gasteiger partial charge in [0.1, 0.15) is 6.04 Å². The van der Waals surface area contributed by atoms with Crippen LogP contribution < -0.4 is 5.32 Å². The summed E-state index contributed by atoms with van der Waals surface area (Å²) in [5, 5.41) is 12.3. The highest BCUT2D eigenvalue weighted by Crippen LogP contribution is 2.43. The van der Waals surface area contributed by atoms with Gasteiger partial charge in [0.15, 0.2) is 6.29 Å². The van der Waals surface area contributed by atoms with Gasteiger partial charge in [0, 0.05) is 35.2 Å². The number of likely N-dealkylation sites (tertiary alicyclic amines) is 1. The molecule has 2 aliphatic rings. The maximum absolute atomic E-state index is 13.0. The number of alkyl halides is 3. The van der Waals surface area contributed by atoms with Gasteiger partial charge in [-0.05, 0) is 58.9 Å². The fourth-order valence-corrected chi connectivity index (χ4v) is 7.54. The average Bonchev–Trinajstić information content (AvgIpc) is 3.63. The summed E-state index contributed by atoms with van der Waals surface area (Å²) in [5.41, 5.74) is 5.32. The molecule has 50 heavy (non-hydrogen) atoms. The zero-order chi connectivity index (χ0) is 35.3. The summed E-state index contributed by atoms with van der Waals surface area (Å²) in [6, 6.07) is 32.4. The first-order chi connectivity index (χ1) is 24.1. The van der Waals surface area contributed by atoms with E-state index in [1.165, 1.54) is 4.90 Å². The van der Waals surface area contributed by atoms with Crippen LogP contribution in [-0.2, 0) is 32.2 Å². The van der Waals surface area contributed by atoms with Crippen molar-refractivity contribution in [3.05, 3.63) is 125 Å². The fourth-order valence-electron chi connectivity index (χ4n) is 6.45. The molecular weight excluding hydrogens is 665 g/mol. The Morgan fingerprint density at radius 2 is 1.60 bits per heavy atom. The van der Waals surface area contributed by atoms with Crippen molar-refractivity contribution in [2.45, 2.75) is 68.5 Å². The number of ether oxygens (including phenoxy) is 2. The summed E-state index contributed by atoms with van der Waals surface area (Å²) >= 11 is 1.74. The summed E-state index contributed by atoms with van der Waals surface area (Å²) in [7, 11) is 0. The lowest BCUT2D eigenvalue weighted by atomic mass is 9.91. The number of hydrogen-bond donors (Lipinski definition) is 2. The molecule has 4 aromatic rings. The van der Waals surface area contributed by atoms with Gasteiger partial charge in [-0.15, -0.1) is 11.8 Å². The van der Waals surface area contributed by atoms with Crippen molar-refractivity contribution in [1.82, 2.24) is 10.2 Å². The van der Waals surface area contributed by atoms with Crippen molar-refractivity contribution in [2.24, 2.45) is 5.92 Å². The molecule has 0 radical (unpaired) electrons. The summed E-state index contributed by atoms with van der Waals surface area (Å²) in [6.45, 7) is 2.13. The zero-order valence-corrected chi connectivity index (χ0v) is 28.3. The third-order valence-electron chi connectivity index (χ3n) is 9.25. The summed E-state index contributed by atoms with van der Waals surface area (Å²) in [6.07, 6.45) is -5.42. The molecule has 5 atom stereocenters. The van der Waals surface area contributed by atoms with Gasteiger partial charge < -0.3 is 24.8 Å². The number of amides is 2. The predicted molar refractivity (Wildman–Crippen MR) is 185 cm³/mol. The smallest absolute Gasteiger partial charge is 0.392 e. The standard InChI is InChI=1S/C39H39F3N2O5S/c1-25-34(24-50-32-9-3-2-4-10-32)48-37(49-35(25)29-14-12-26(23-45)13-15-29)30-18-16-28(17-19-30)31-8-5-7-27(21-31)22-43-36(46)33-11-6-20-44(33)38(47)39(40,41)42/h2-5,7-10,12-19,21,25,33-35,37,45H,6,11,20,22-24H2,1H3,(H,43,46). The molecule has 0 bridgehead atoms. The maximum atomic E-state index is 13.0. The van der Waals surface area contributed by atoms with Crippen LogP contribution in [0.25, 0.3) is 11.1 Å². The van der Waals surface area contributed by atoms with Crippen molar-refractivity contribution in [3.63, 3.8) is 0 Å². The molecule has 0 saturated carbocycles. The van der Waals surface area contributed by atoms with E-state index in [0.29, 0.717) is 11.3 Å². The highest BCUT2D eigenvalue weighted by atomic mass is 32.2. The maximum Gasteiger partial charge on any atom is 0.471 e. The monoisotopic (exact) mass is 704 g/mol. The van der Waals surface area contributed by atoms with Gasteiger partial charge in [-0.1, -0.05) is 91.9 Å². The van der Waals surface area contributed by atoms with Crippen molar-refractivity contribution >= 4 is 23.6 Å². The number of carbonyl (C=O) groups excluding carboxylic acids is 2. The Labute approximate surface area is 293 Å². The number of nitrogens with zero attached hydrogens (tertiary/aromatic N) is 1. The molecule has 5 unspecified atom stereocenters. The van der Waals surface area contributed by atoms with E-state index in [2.05, 4.69) is 24.4 Å². The first kappa shape index (κ1) is 35.7. The summed E-state index contributed by atoms with van der Waals surface area (Å²) < 4.78 is 52.2. The van der Waals surface area contributed by atoms with Gasteiger partial charge in [0.05, 0.1) is 18.8 Å². The van der Waals surface area contributed by atoms with E-state index in [1.54, 1.807) is 11.8 Å².